The standard InChI is InChI=1S/C18H13ClN2O3S/c1-21-16(22)15(9-11-5-3-2-4-6-11)25-18(21)20-12-7-8-14(19)13(10-12)17(23)24/h2-10H,1H3,(H,23,24)/b15-9-,20-18?. The maximum atomic E-state index is 12.4. The Balaban J connectivity index is 1.92. The van der Waals surface area contributed by atoms with E-state index in [9.17, 15) is 9.59 Å². The molecule has 0 aliphatic carbocycles. The molecule has 0 atom stereocenters. The molecule has 1 fully saturated rings. The maximum Gasteiger partial charge on any atom is 0.337 e. The van der Waals surface area contributed by atoms with Gasteiger partial charge < -0.3 is 5.11 Å². The third-order valence-electron chi connectivity index (χ3n) is 3.51. The van der Waals surface area contributed by atoms with Crippen LogP contribution >= 0.6 is 23.4 Å². The normalized spacial score (nSPS) is 17.5. The molecule has 1 saturated heterocycles. The van der Waals surface area contributed by atoms with Crippen LogP contribution in [0.4, 0.5) is 5.69 Å². The first-order chi connectivity index (χ1) is 12.0. The van der Waals surface area contributed by atoms with Crippen LogP contribution in [0.3, 0.4) is 0 Å². The van der Waals surface area contributed by atoms with E-state index in [4.69, 9.17) is 16.7 Å². The lowest BCUT2D eigenvalue weighted by atomic mass is 10.2. The zero-order valence-electron chi connectivity index (χ0n) is 13.1. The first-order valence-corrected chi connectivity index (χ1v) is 8.49. The molecule has 1 aliphatic rings. The lowest BCUT2D eigenvalue weighted by Crippen LogP contribution is -2.23. The lowest BCUT2D eigenvalue weighted by Gasteiger charge is -2.07. The highest BCUT2D eigenvalue weighted by Gasteiger charge is 2.30. The first kappa shape index (κ1) is 17.3. The number of carboxylic acid groups (broad SMARTS) is 1. The number of carbonyl (C=O) groups is 2. The molecule has 1 amide bonds. The summed E-state index contributed by atoms with van der Waals surface area (Å²) in [6.07, 6.45) is 1.80. The van der Waals surface area contributed by atoms with Crippen LogP contribution in [0.25, 0.3) is 6.08 Å². The summed E-state index contributed by atoms with van der Waals surface area (Å²) in [7, 11) is 1.63. The summed E-state index contributed by atoms with van der Waals surface area (Å²) in [6.45, 7) is 0. The van der Waals surface area contributed by atoms with Gasteiger partial charge in [-0.3, -0.25) is 9.69 Å². The van der Waals surface area contributed by atoms with Gasteiger partial charge in [-0.05, 0) is 41.6 Å². The number of aromatic carboxylic acids is 1. The van der Waals surface area contributed by atoms with E-state index in [-0.39, 0.29) is 16.5 Å². The minimum Gasteiger partial charge on any atom is -0.478 e. The summed E-state index contributed by atoms with van der Waals surface area (Å²) < 4.78 is 0. The Morgan fingerprint density at radius 1 is 1.24 bits per heavy atom. The monoisotopic (exact) mass is 372 g/mol. The van der Waals surface area contributed by atoms with Crippen molar-refractivity contribution < 1.29 is 14.7 Å². The summed E-state index contributed by atoms with van der Waals surface area (Å²) in [5.74, 6) is -1.28. The molecule has 25 heavy (non-hydrogen) atoms. The molecule has 2 aromatic carbocycles. The molecular formula is C18H13ClN2O3S. The molecule has 0 radical (unpaired) electrons. The van der Waals surface area contributed by atoms with E-state index in [0.717, 1.165) is 5.56 Å². The number of halogens is 1. The Bertz CT molecular complexity index is 910. The number of carboxylic acids is 1. The van der Waals surface area contributed by atoms with Crippen molar-refractivity contribution in [2.45, 2.75) is 0 Å². The molecule has 2 aromatic rings. The smallest absolute Gasteiger partial charge is 0.337 e. The number of amides is 1. The summed E-state index contributed by atoms with van der Waals surface area (Å²) in [4.78, 5) is 29.9. The minimum absolute atomic E-state index is 0.0273. The van der Waals surface area contributed by atoms with Crippen LogP contribution in [0, 0.1) is 0 Å². The van der Waals surface area contributed by atoms with Crippen LogP contribution in [-0.4, -0.2) is 34.1 Å². The van der Waals surface area contributed by atoms with Gasteiger partial charge in [0.25, 0.3) is 5.91 Å². The molecule has 7 heteroatoms. The van der Waals surface area contributed by atoms with E-state index in [2.05, 4.69) is 4.99 Å². The number of thioether (sulfide) groups is 1. The molecule has 1 heterocycles. The van der Waals surface area contributed by atoms with Crippen molar-refractivity contribution in [3.63, 3.8) is 0 Å². The fraction of sp³-hybridized carbons (Fsp3) is 0.0556. The van der Waals surface area contributed by atoms with Crippen molar-refractivity contribution in [1.29, 1.82) is 0 Å². The van der Waals surface area contributed by atoms with Gasteiger partial charge in [0.1, 0.15) is 0 Å². The van der Waals surface area contributed by atoms with E-state index in [0.29, 0.717) is 15.8 Å². The Morgan fingerprint density at radius 3 is 2.64 bits per heavy atom. The second-order valence-electron chi connectivity index (χ2n) is 5.25. The predicted molar refractivity (Wildman–Crippen MR) is 100 cm³/mol. The third-order valence-corrected chi connectivity index (χ3v) is 4.90. The fourth-order valence-corrected chi connectivity index (χ4v) is 3.39. The summed E-state index contributed by atoms with van der Waals surface area (Å²) in [5, 5.41) is 9.76. The van der Waals surface area contributed by atoms with Crippen molar-refractivity contribution in [2.24, 2.45) is 4.99 Å². The molecule has 0 unspecified atom stereocenters. The predicted octanol–water partition coefficient (Wildman–Crippen LogP) is 4.27. The van der Waals surface area contributed by atoms with Crippen molar-refractivity contribution in [3.8, 4) is 0 Å². The van der Waals surface area contributed by atoms with Crippen molar-refractivity contribution in [3.05, 3.63) is 69.6 Å². The summed E-state index contributed by atoms with van der Waals surface area (Å²) >= 11 is 7.11. The van der Waals surface area contributed by atoms with Gasteiger partial charge in [-0.15, -0.1) is 0 Å². The number of hydrogen-bond acceptors (Lipinski definition) is 4. The highest BCUT2D eigenvalue weighted by atomic mass is 35.5. The van der Waals surface area contributed by atoms with Gasteiger partial charge in [0.2, 0.25) is 0 Å². The van der Waals surface area contributed by atoms with Gasteiger partial charge in [-0.1, -0.05) is 41.9 Å². The Kier molecular flexibility index (Phi) is 4.92. The fourth-order valence-electron chi connectivity index (χ4n) is 2.21. The van der Waals surface area contributed by atoms with E-state index in [1.807, 2.05) is 30.3 Å². The van der Waals surface area contributed by atoms with Crippen molar-refractivity contribution in [2.75, 3.05) is 7.05 Å². The quantitative estimate of drug-likeness (QED) is 0.817. The number of rotatable bonds is 3. The third kappa shape index (κ3) is 3.75. The largest absolute Gasteiger partial charge is 0.478 e. The van der Waals surface area contributed by atoms with Crippen molar-refractivity contribution >= 4 is 52.2 Å². The van der Waals surface area contributed by atoms with Gasteiger partial charge in [0.05, 0.1) is 21.2 Å². The Labute approximate surface area is 153 Å². The van der Waals surface area contributed by atoms with Crippen LogP contribution in [0.1, 0.15) is 15.9 Å². The highest BCUT2D eigenvalue weighted by Crippen LogP contribution is 2.33. The van der Waals surface area contributed by atoms with Gasteiger partial charge in [-0.2, -0.15) is 0 Å². The average molecular weight is 373 g/mol. The Hall–Kier alpha value is -2.57. The van der Waals surface area contributed by atoms with E-state index in [1.54, 1.807) is 19.2 Å². The van der Waals surface area contributed by atoms with Gasteiger partial charge in [0, 0.05) is 7.05 Å². The molecule has 1 aliphatic heterocycles. The van der Waals surface area contributed by atoms with Gasteiger partial charge >= 0.3 is 5.97 Å². The van der Waals surface area contributed by atoms with Gasteiger partial charge in [-0.25, -0.2) is 9.79 Å². The number of amidine groups is 1. The topological polar surface area (TPSA) is 70.0 Å². The molecule has 126 valence electrons. The van der Waals surface area contributed by atoms with Gasteiger partial charge in [0.15, 0.2) is 5.17 Å². The summed E-state index contributed by atoms with van der Waals surface area (Å²) in [5.41, 5.74) is 1.32. The number of carbonyl (C=O) groups excluding carboxylic acids is 1. The van der Waals surface area contributed by atoms with E-state index < -0.39 is 5.97 Å². The van der Waals surface area contributed by atoms with E-state index >= 15 is 0 Å². The van der Waals surface area contributed by atoms with Crippen LogP contribution in [-0.2, 0) is 4.79 Å². The minimum atomic E-state index is -1.12. The second kappa shape index (κ2) is 7.13. The number of benzene rings is 2. The SMILES string of the molecule is CN1C(=O)/C(=C/c2ccccc2)SC1=Nc1ccc(Cl)c(C(=O)O)c1. The molecule has 1 N–H and O–H groups in total. The highest BCUT2D eigenvalue weighted by molar-refractivity contribution is 8.18. The molecule has 3 rings (SSSR count). The number of likely N-dealkylation sites (N-methyl/N-ethyl adjacent to an activating group) is 1. The maximum absolute atomic E-state index is 12.4. The average Bonchev–Trinajstić information content (AvgIpc) is 2.85. The molecule has 0 saturated carbocycles. The van der Waals surface area contributed by atoms with Crippen LogP contribution in [0.5, 0.6) is 0 Å². The molecule has 0 spiro atoms. The molecule has 5 nitrogen and oxygen atoms in total. The molecule has 0 aromatic heterocycles. The van der Waals surface area contributed by atoms with Crippen LogP contribution < -0.4 is 0 Å². The molecule has 0 bridgehead atoms. The Morgan fingerprint density at radius 2 is 1.96 bits per heavy atom. The lowest BCUT2D eigenvalue weighted by molar-refractivity contribution is -0.121. The van der Waals surface area contributed by atoms with Crippen molar-refractivity contribution in [1.82, 2.24) is 4.90 Å². The molecular weight excluding hydrogens is 360 g/mol. The zero-order chi connectivity index (χ0) is 18.0. The number of hydrogen-bond donors (Lipinski definition) is 1. The summed E-state index contributed by atoms with van der Waals surface area (Å²) in [6, 6.07) is 14.0. The van der Waals surface area contributed by atoms with E-state index in [1.165, 1.54) is 28.8 Å². The number of aliphatic imine (C=N–C) groups is 1. The first-order valence-electron chi connectivity index (χ1n) is 7.30. The van der Waals surface area contributed by atoms with Crippen LogP contribution in [0.15, 0.2) is 58.4 Å². The zero-order valence-corrected chi connectivity index (χ0v) is 14.7. The van der Waals surface area contributed by atoms with Crippen LogP contribution in [0.2, 0.25) is 5.02 Å². The second-order valence-corrected chi connectivity index (χ2v) is 6.67. The number of nitrogens with zero attached hydrogens (tertiary/aromatic N) is 2.